The average molecular weight is 209 g/mol. The summed E-state index contributed by atoms with van der Waals surface area (Å²) in [5, 5.41) is 3.29. The Morgan fingerprint density at radius 3 is 3.40 bits per heavy atom. The lowest BCUT2D eigenvalue weighted by Crippen LogP contribution is -2.25. The number of hydrogen-bond donors (Lipinski definition) is 2. The van der Waals surface area contributed by atoms with Gasteiger partial charge in [-0.2, -0.15) is 0 Å². The molecule has 0 unspecified atom stereocenters. The standard InChI is InChI=1S/C10H15N3O2/c14-10-4-9(12-7-13-10)3-8-5-11-1-2-15-6-8/h4,7-8,11H,1-3,5-6H2,(H,12,13,14)/t8-/m1/s1. The van der Waals surface area contributed by atoms with E-state index < -0.39 is 0 Å². The van der Waals surface area contributed by atoms with Crippen LogP contribution in [0, 0.1) is 5.92 Å². The Labute approximate surface area is 87.9 Å². The van der Waals surface area contributed by atoms with Crippen LogP contribution in [0.25, 0.3) is 0 Å². The molecule has 15 heavy (non-hydrogen) atoms. The average Bonchev–Trinajstić information content (AvgIpc) is 2.46. The van der Waals surface area contributed by atoms with Gasteiger partial charge in [0, 0.05) is 30.8 Å². The first kappa shape index (κ1) is 10.3. The van der Waals surface area contributed by atoms with Crippen molar-refractivity contribution >= 4 is 0 Å². The summed E-state index contributed by atoms with van der Waals surface area (Å²) >= 11 is 0. The van der Waals surface area contributed by atoms with Crippen molar-refractivity contribution in [1.29, 1.82) is 0 Å². The Hall–Kier alpha value is -1.20. The third-order valence-corrected chi connectivity index (χ3v) is 2.44. The maximum Gasteiger partial charge on any atom is 0.250 e. The quantitative estimate of drug-likeness (QED) is 0.692. The zero-order valence-electron chi connectivity index (χ0n) is 8.53. The van der Waals surface area contributed by atoms with Gasteiger partial charge in [-0.1, -0.05) is 0 Å². The van der Waals surface area contributed by atoms with E-state index in [-0.39, 0.29) is 5.56 Å². The van der Waals surface area contributed by atoms with E-state index in [9.17, 15) is 4.79 Å². The molecular weight excluding hydrogens is 194 g/mol. The number of nitrogens with one attached hydrogen (secondary N) is 2. The number of aromatic amines is 1. The molecule has 5 heteroatoms. The van der Waals surface area contributed by atoms with Gasteiger partial charge in [0.1, 0.15) is 0 Å². The first-order valence-corrected chi connectivity index (χ1v) is 5.16. The summed E-state index contributed by atoms with van der Waals surface area (Å²) in [7, 11) is 0. The molecular formula is C10H15N3O2. The molecule has 0 saturated carbocycles. The predicted molar refractivity (Wildman–Crippen MR) is 55.7 cm³/mol. The fourth-order valence-corrected chi connectivity index (χ4v) is 1.71. The Morgan fingerprint density at radius 1 is 1.60 bits per heavy atom. The summed E-state index contributed by atoms with van der Waals surface area (Å²) in [6, 6.07) is 1.55. The highest BCUT2D eigenvalue weighted by molar-refractivity contribution is 5.00. The van der Waals surface area contributed by atoms with Gasteiger partial charge in [0.15, 0.2) is 0 Å². The Kier molecular flexibility index (Phi) is 3.47. The van der Waals surface area contributed by atoms with E-state index in [1.807, 2.05) is 0 Å². The second-order valence-electron chi connectivity index (χ2n) is 3.75. The van der Waals surface area contributed by atoms with Gasteiger partial charge in [0.05, 0.1) is 19.5 Å². The van der Waals surface area contributed by atoms with E-state index in [4.69, 9.17) is 4.74 Å². The van der Waals surface area contributed by atoms with E-state index in [1.165, 1.54) is 6.33 Å². The zero-order valence-corrected chi connectivity index (χ0v) is 8.53. The molecule has 0 amide bonds. The molecule has 0 bridgehead atoms. The summed E-state index contributed by atoms with van der Waals surface area (Å²) in [4.78, 5) is 17.7. The largest absolute Gasteiger partial charge is 0.380 e. The van der Waals surface area contributed by atoms with Crippen molar-refractivity contribution in [2.24, 2.45) is 5.92 Å². The highest BCUT2D eigenvalue weighted by Crippen LogP contribution is 2.06. The van der Waals surface area contributed by atoms with Crippen LogP contribution in [0.2, 0.25) is 0 Å². The fourth-order valence-electron chi connectivity index (χ4n) is 1.71. The molecule has 2 rings (SSSR count). The first-order chi connectivity index (χ1) is 7.34. The van der Waals surface area contributed by atoms with Crippen LogP contribution in [0.5, 0.6) is 0 Å². The van der Waals surface area contributed by atoms with Crippen LogP contribution < -0.4 is 10.9 Å². The third kappa shape index (κ3) is 3.14. The summed E-state index contributed by atoms with van der Waals surface area (Å²) < 4.78 is 5.43. The van der Waals surface area contributed by atoms with Gasteiger partial charge < -0.3 is 15.0 Å². The van der Waals surface area contributed by atoms with Crippen molar-refractivity contribution in [2.75, 3.05) is 26.3 Å². The maximum absolute atomic E-state index is 11.1. The van der Waals surface area contributed by atoms with Crippen molar-refractivity contribution in [3.63, 3.8) is 0 Å². The van der Waals surface area contributed by atoms with E-state index in [0.29, 0.717) is 5.92 Å². The number of nitrogens with zero attached hydrogens (tertiary/aromatic N) is 1. The van der Waals surface area contributed by atoms with Gasteiger partial charge >= 0.3 is 0 Å². The molecule has 0 aromatic carbocycles. The Morgan fingerprint density at radius 2 is 2.53 bits per heavy atom. The van der Waals surface area contributed by atoms with Gasteiger partial charge in [0.2, 0.25) is 0 Å². The van der Waals surface area contributed by atoms with Crippen LogP contribution in [-0.4, -0.2) is 36.3 Å². The molecule has 1 aliphatic rings. The predicted octanol–water partition coefficient (Wildman–Crippen LogP) is -0.452. The van der Waals surface area contributed by atoms with E-state index in [0.717, 1.165) is 38.4 Å². The van der Waals surface area contributed by atoms with Gasteiger partial charge in [-0.3, -0.25) is 4.79 Å². The number of H-pyrrole nitrogens is 1. The summed E-state index contributed by atoms with van der Waals surface area (Å²) in [5.41, 5.74) is 0.735. The molecule has 1 atom stereocenters. The van der Waals surface area contributed by atoms with Crippen molar-refractivity contribution in [1.82, 2.24) is 15.3 Å². The highest BCUT2D eigenvalue weighted by Gasteiger charge is 2.13. The van der Waals surface area contributed by atoms with Crippen LogP contribution in [0.1, 0.15) is 5.69 Å². The lowest BCUT2D eigenvalue weighted by molar-refractivity contribution is 0.123. The molecule has 1 aromatic heterocycles. The van der Waals surface area contributed by atoms with Crippen LogP contribution >= 0.6 is 0 Å². The van der Waals surface area contributed by atoms with Crippen LogP contribution in [0.15, 0.2) is 17.2 Å². The Balaban J connectivity index is 1.98. The van der Waals surface area contributed by atoms with E-state index in [1.54, 1.807) is 6.07 Å². The fraction of sp³-hybridized carbons (Fsp3) is 0.600. The topological polar surface area (TPSA) is 67.0 Å². The highest BCUT2D eigenvalue weighted by atomic mass is 16.5. The Bertz CT molecular complexity index is 356. The van der Waals surface area contributed by atoms with E-state index >= 15 is 0 Å². The van der Waals surface area contributed by atoms with Crippen LogP contribution in [-0.2, 0) is 11.2 Å². The second-order valence-corrected chi connectivity index (χ2v) is 3.75. The van der Waals surface area contributed by atoms with Gasteiger partial charge in [-0.25, -0.2) is 4.98 Å². The molecule has 2 N–H and O–H groups in total. The number of aromatic nitrogens is 2. The van der Waals surface area contributed by atoms with E-state index in [2.05, 4.69) is 15.3 Å². The minimum absolute atomic E-state index is 0.0949. The van der Waals surface area contributed by atoms with Crippen LogP contribution in [0.4, 0.5) is 0 Å². The normalized spacial score (nSPS) is 22.3. The smallest absolute Gasteiger partial charge is 0.250 e. The third-order valence-electron chi connectivity index (χ3n) is 2.44. The van der Waals surface area contributed by atoms with Crippen molar-refractivity contribution in [2.45, 2.75) is 6.42 Å². The molecule has 0 aliphatic carbocycles. The maximum atomic E-state index is 11.1. The first-order valence-electron chi connectivity index (χ1n) is 5.16. The van der Waals surface area contributed by atoms with Gasteiger partial charge in [-0.15, -0.1) is 0 Å². The zero-order chi connectivity index (χ0) is 10.5. The van der Waals surface area contributed by atoms with Crippen LogP contribution in [0.3, 0.4) is 0 Å². The minimum atomic E-state index is -0.0949. The molecule has 1 aromatic rings. The van der Waals surface area contributed by atoms with Crippen molar-refractivity contribution in [3.05, 3.63) is 28.4 Å². The molecule has 2 heterocycles. The lowest BCUT2D eigenvalue weighted by Gasteiger charge is -2.12. The summed E-state index contributed by atoms with van der Waals surface area (Å²) in [6.07, 6.45) is 2.24. The SMILES string of the molecule is O=c1cc(C[C@@H]2CNCCOC2)nc[nH]1. The summed E-state index contributed by atoms with van der Waals surface area (Å²) in [5.74, 6) is 0.404. The summed E-state index contributed by atoms with van der Waals surface area (Å²) in [6.45, 7) is 3.33. The van der Waals surface area contributed by atoms with Gasteiger partial charge in [-0.05, 0) is 6.42 Å². The van der Waals surface area contributed by atoms with Crippen molar-refractivity contribution < 1.29 is 4.74 Å². The van der Waals surface area contributed by atoms with Gasteiger partial charge in [0.25, 0.3) is 5.56 Å². The molecule has 0 radical (unpaired) electrons. The molecule has 1 saturated heterocycles. The molecule has 0 spiro atoms. The minimum Gasteiger partial charge on any atom is -0.380 e. The molecule has 82 valence electrons. The monoisotopic (exact) mass is 209 g/mol. The molecule has 1 aliphatic heterocycles. The molecule has 5 nitrogen and oxygen atoms in total. The molecule has 1 fully saturated rings. The van der Waals surface area contributed by atoms with Crippen molar-refractivity contribution in [3.8, 4) is 0 Å². The lowest BCUT2D eigenvalue weighted by atomic mass is 10.0. The number of ether oxygens (including phenoxy) is 1. The number of rotatable bonds is 2. The second kappa shape index (κ2) is 5.04. The number of hydrogen-bond acceptors (Lipinski definition) is 4.